The SMILES string of the molecule is [OH+]=CC1CCC(C(F)(F)F)CC1. The fourth-order valence-corrected chi connectivity index (χ4v) is 1.60. The van der Waals surface area contributed by atoms with Gasteiger partial charge in [-0.15, -0.1) is 0 Å². The number of aldehydes is 1. The lowest BCUT2D eigenvalue weighted by Crippen LogP contribution is -2.28. The lowest BCUT2D eigenvalue weighted by Gasteiger charge is -2.25. The van der Waals surface area contributed by atoms with Gasteiger partial charge in [0, 0.05) is 0 Å². The van der Waals surface area contributed by atoms with E-state index in [1.807, 2.05) is 0 Å². The Kier molecular flexibility index (Phi) is 2.75. The maximum Gasteiger partial charge on any atom is 0.391 e. The molecule has 1 aliphatic rings. The van der Waals surface area contributed by atoms with Gasteiger partial charge in [-0.2, -0.15) is 13.2 Å². The maximum atomic E-state index is 12.1. The summed E-state index contributed by atoms with van der Waals surface area (Å²) in [7, 11) is 0. The largest absolute Gasteiger partial charge is 0.391 e. The molecule has 0 amide bonds. The highest BCUT2D eigenvalue weighted by atomic mass is 19.4. The molecule has 0 saturated heterocycles. The van der Waals surface area contributed by atoms with Gasteiger partial charge in [-0.25, -0.2) is 0 Å². The Balaban J connectivity index is 2.41. The summed E-state index contributed by atoms with van der Waals surface area (Å²) in [5.41, 5.74) is 0. The Hall–Kier alpha value is -0.540. The van der Waals surface area contributed by atoms with Gasteiger partial charge in [0.1, 0.15) is 0 Å². The third-order valence-electron chi connectivity index (χ3n) is 2.45. The lowest BCUT2D eigenvalue weighted by molar-refractivity contribution is -0.182. The van der Waals surface area contributed by atoms with Gasteiger partial charge in [-0.1, -0.05) is 0 Å². The zero-order valence-electron chi connectivity index (χ0n) is 6.64. The van der Waals surface area contributed by atoms with Crippen molar-refractivity contribution in [3.8, 4) is 0 Å². The standard InChI is InChI=1S/C8H11F3O/c9-8(10,11)7-3-1-6(5-12)2-4-7/h5-7H,1-4H2/p+1. The number of alkyl halides is 3. The van der Waals surface area contributed by atoms with Gasteiger partial charge >= 0.3 is 6.18 Å². The smallest absolute Gasteiger partial charge is 0.287 e. The van der Waals surface area contributed by atoms with E-state index in [1.165, 1.54) is 0 Å². The molecule has 4 heteroatoms. The van der Waals surface area contributed by atoms with E-state index in [1.54, 1.807) is 0 Å². The molecule has 0 atom stereocenters. The zero-order valence-corrected chi connectivity index (χ0v) is 6.64. The van der Waals surface area contributed by atoms with Crippen molar-refractivity contribution in [1.29, 1.82) is 0 Å². The molecule has 1 rings (SSSR count). The molecule has 0 unspecified atom stereocenters. The summed E-state index contributed by atoms with van der Waals surface area (Å²) in [6, 6.07) is 0. The highest BCUT2D eigenvalue weighted by Gasteiger charge is 2.41. The topological polar surface area (TPSA) is 21.4 Å². The van der Waals surface area contributed by atoms with Crippen LogP contribution in [0.15, 0.2) is 0 Å². The fraction of sp³-hybridized carbons (Fsp3) is 0.875. The van der Waals surface area contributed by atoms with Crippen molar-refractivity contribution < 1.29 is 18.0 Å². The molecule has 1 nitrogen and oxygen atoms in total. The van der Waals surface area contributed by atoms with E-state index in [0.717, 1.165) is 6.29 Å². The van der Waals surface area contributed by atoms with Crippen LogP contribution >= 0.6 is 0 Å². The van der Waals surface area contributed by atoms with Crippen molar-refractivity contribution in [2.24, 2.45) is 11.8 Å². The molecule has 70 valence electrons. The monoisotopic (exact) mass is 181 g/mol. The van der Waals surface area contributed by atoms with Crippen molar-refractivity contribution in [2.75, 3.05) is 0 Å². The third-order valence-corrected chi connectivity index (χ3v) is 2.45. The Morgan fingerprint density at radius 3 is 1.92 bits per heavy atom. The minimum atomic E-state index is -4.04. The number of halogens is 3. The average molecular weight is 181 g/mol. The molecule has 0 heterocycles. The Bertz CT molecular complexity index is 156. The molecule has 0 aromatic rings. The second-order valence-electron chi connectivity index (χ2n) is 3.30. The Morgan fingerprint density at radius 1 is 1.08 bits per heavy atom. The summed E-state index contributed by atoms with van der Waals surface area (Å²) in [6.45, 7) is 0. The summed E-state index contributed by atoms with van der Waals surface area (Å²) in [5.74, 6) is -1.17. The Morgan fingerprint density at radius 2 is 1.58 bits per heavy atom. The van der Waals surface area contributed by atoms with Gasteiger partial charge in [-0.3, -0.25) is 4.79 Å². The highest BCUT2D eigenvalue weighted by Crippen LogP contribution is 2.38. The lowest BCUT2D eigenvalue weighted by atomic mass is 9.82. The third kappa shape index (κ3) is 2.22. The summed E-state index contributed by atoms with van der Waals surface area (Å²) in [4.78, 5) is 8.57. The second kappa shape index (κ2) is 3.46. The number of carbonyl (C=O) groups excluding carboxylic acids is 1. The van der Waals surface area contributed by atoms with Crippen molar-refractivity contribution in [1.82, 2.24) is 0 Å². The van der Waals surface area contributed by atoms with Crippen LogP contribution in [-0.4, -0.2) is 17.3 Å². The van der Waals surface area contributed by atoms with E-state index in [-0.39, 0.29) is 18.8 Å². The van der Waals surface area contributed by atoms with E-state index in [0.29, 0.717) is 12.8 Å². The molecule has 1 N–H and O–H groups in total. The predicted octanol–water partition coefficient (Wildman–Crippen LogP) is 2.53. The molecular weight excluding hydrogens is 169 g/mol. The van der Waals surface area contributed by atoms with Gasteiger partial charge < -0.3 is 0 Å². The highest BCUT2D eigenvalue weighted by molar-refractivity contribution is 5.54. The summed E-state index contributed by atoms with van der Waals surface area (Å²) in [6.07, 6.45) is -1.79. The van der Waals surface area contributed by atoms with E-state index in [4.69, 9.17) is 4.79 Å². The molecule has 1 fully saturated rings. The zero-order chi connectivity index (χ0) is 9.19. The summed E-state index contributed by atoms with van der Waals surface area (Å²) < 4.78 is 36.3. The van der Waals surface area contributed by atoms with Crippen LogP contribution in [0.5, 0.6) is 0 Å². The molecule has 0 aliphatic heterocycles. The van der Waals surface area contributed by atoms with Gasteiger partial charge in [0.2, 0.25) is 0 Å². The molecule has 0 radical (unpaired) electrons. The van der Waals surface area contributed by atoms with E-state index in [9.17, 15) is 13.2 Å². The van der Waals surface area contributed by atoms with Crippen LogP contribution in [0, 0.1) is 11.8 Å². The molecule has 0 spiro atoms. The van der Waals surface area contributed by atoms with Gasteiger partial charge in [0.25, 0.3) is 6.29 Å². The predicted molar refractivity (Wildman–Crippen MR) is 39.5 cm³/mol. The maximum absolute atomic E-state index is 12.1. The number of hydrogen-bond donors (Lipinski definition) is 0. The first-order valence-electron chi connectivity index (χ1n) is 4.08. The van der Waals surface area contributed by atoms with Crippen LogP contribution in [0.25, 0.3) is 0 Å². The summed E-state index contributed by atoms with van der Waals surface area (Å²) in [5, 5.41) is 0. The van der Waals surface area contributed by atoms with Crippen LogP contribution in [0.2, 0.25) is 0 Å². The average Bonchev–Trinajstić information content (AvgIpc) is 2.03. The molecule has 1 saturated carbocycles. The van der Waals surface area contributed by atoms with Crippen molar-refractivity contribution in [3.05, 3.63) is 0 Å². The molecule has 0 aromatic heterocycles. The van der Waals surface area contributed by atoms with E-state index in [2.05, 4.69) is 0 Å². The first-order valence-corrected chi connectivity index (χ1v) is 4.08. The minimum Gasteiger partial charge on any atom is -0.287 e. The number of rotatable bonds is 1. The molecule has 12 heavy (non-hydrogen) atoms. The quantitative estimate of drug-likeness (QED) is 0.438. The van der Waals surface area contributed by atoms with Crippen molar-refractivity contribution in [2.45, 2.75) is 31.9 Å². The second-order valence-corrected chi connectivity index (χ2v) is 3.30. The van der Waals surface area contributed by atoms with Gasteiger partial charge in [0.05, 0.1) is 11.8 Å². The van der Waals surface area contributed by atoms with Crippen LogP contribution < -0.4 is 0 Å². The van der Waals surface area contributed by atoms with Crippen molar-refractivity contribution >= 4 is 6.29 Å². The van der Waals surface area contributed by atoms with E-state index >= 15 is 0 Å². The first kappa shape index (κ1) is 9.55. The fourth-order valence-electron chi connectivity index (χ4n) is 1.60. The first-order chi connectivity index (χ1) is 5.54. The summed E-state index contributed by atoms with van der Waals surface area (Å²) >= 11 is 0. The molecular formula is C8H12F3O+. The van der Waals surface area contributed by atoms with Crippen molar-refractivity contribution in [3.63, 3.8) is 0 Å². The molecule has 1 aliphatic carbocycles. The van der Waals surface area contributed by atoms with Crippen LogP contribution in [0.3, 0.4) is 0 Å². The van der Waals surface area contributed by atoms with Crippen LogP contribution in [0.4, 0.5) is 13.2 Å². The molecule has 0 bridgehead atoms. The molecule has 0 aromatic carbocycles. The van der Waals surface area contributed by atoms with Gasteiger partial charge in [0.15, 0.2) is 0 Å². The Labute approximate surface area is 68.9 Å². The normalized spacial score (nSPS) is 31.6. The minimum absolute atomic E-state index is 0.0244. The van der Waals surface area contributed by atoms with Crippen LogP contribution in [0.1, 0.15) is 25.7 Å². The van der Waals surface area contributed by atoms with E-state index < -0.39 is 12.1 Å². The number of hydrogen-bond acceptors (Lipinski definition) is 0. The van der Waals surface area contributed by atoms with Gasteiger partial charge in [-0.05, 0) is 25.7 Å². The van der Waals surface area contributed by atoms with Crippen LogP contribution in [-0.2, 0) is 0 Å².